The van der Waals surface area contributed by atoms with E-state index in [0.29, 0.717) is 16.8 Å². The van der Waals surface area contributed by atoms with Crippen molar-refractivity contribution in [1.82, 2.24) is 4.90 Å². The van der Waals surface area contributed by atoms with E-state index in [4.69, 9.17) is 5.11 Å². The SMILES string of the molecule is Cc1sc(C(=O)O)cc1CN1CCCC1C(C)C. The highest BCUT2D eigenvalue weighted by Crippen LogP contribution is 2.29. The van der Waals surface area contributed by atoms with Gasteiger partial charge in [-0.3, -0.25) is 4.90 Å². The topological polar surface area (TPSA) is 40.5 Å². The van der Waals surface area contributed by atoms with Crippen LogP contribution in [-0.2, 0) is 6.54 Å². The first-order valence-electron chi connectivity index (χ1n) is 6.55. The lowest BCUT2D eigenvalue weighted by Gasteiger charge is -2.27. The zero-order valence-corrected chi connectivity index (χ0v) is 12.1. The number of carboxylic acids is 1. The van der Waals surface area contributed by atoms with Crippen molar-refractivity contribution in [2.75, 3.05) is 6.54 Å². The average molecular weight is 267 g/mol. The summed E-state index contributed by atoms with van der Waals surface area (Å²) in [6.45, 7) is 8.60. The zero-order chi connectivity index (χ0) is 13.3. The van der Waals surface area contributed by atoms with Crippen molar-refractivity contribution in [2.24, 2.45) is 5.92 Å². The van der Waals surface area contributed by atoms with Crippen LogP contribution in [0.3, 0.4) is 0 Å². The Morgan fingerprint density at radius 2 is 2.33 bits per heavy atom. The lowest BCUT2D eigenvalue weighted by molar-refractivity contribution is 0.0702. The number of aryl methyl sites for hydroxylation is 1. The van der Waals surface area contributed by atoms with Gasteiger partial charge < -0.3 is 5.11 Å². The number of likely N-dealkylation sites (tertiary alicyclic amines) is 1. The van der Waals surface area contributed by atoms with Crippen LogP contribution in [0.25, 0.3) is 0 Å². The first-order valence-corrected chi connectivity index (χ1v) is 7.37. The van der Waals surface area contributed by atoms with Crippen LogP contribution in [0.2, 0.25) is 0 Å². The van der Waals surface area contributed by atoms with E-state index in [9.17, 15) is 4.79 Å². The predicted octanol–water partition coefficient (Wildman–Crippen LogP) is 3.38. The van der Waals surface area contributed by atoms with Crippen molar-refractivity contribution >= 4 is 17.3 Å². The number of nitrogens with zero attached hydrogens (tertiary/aromatic N) is 1. The molecule has 1 unspecified atom stereocenters. The molecule has 0 aromatic carbocycles. The van der Waals surface area contributed by atoms with Crippen molar-refractivity contribution in [3.8, 4) is 0 Å². The van der Waals surface area contributed by atoms with E-state index in [0.717, 1.165) is 18.0 Å². The quantitative estimate of drug-likeness (QED) is 0.909. The minimum atomic E-state index is -0.809. The van der Waals surface area contributed by atoms with Gasteiger partial charge in [-0.2, -0.15) is 0 Å². The van der Waals surface area contributed by atoms with Gasteiger partial charge in [0.25, 0.3) is 0 Å². The van der Waals surface area contributed by atoms with Gasteiger partial charge in [-0.25, -0.2) is 4.79 Å². The Morgan fingerprint density at radius 3 is 2.89 bits per heavy atom. The van der Waals surface area contributed by atoms with E-state index in [1.165, 1.54) is 29.7 Å². The molecule has 0 amide bonds. The second kappa shape index (κ2) is 5.41. The summed E-state index contributed by atoms with van der Waals surface area (Å²) in [6.07, 6.45) is 2.53. The molecule has 1 saturated heterocycles. The maximum atomic E-state index is 11.0. The molecule has 1 atom stereocenters. The fraction of sp³-hybridized carbons (Fsp3) is 0.643. The first kappa shape index (κ1) is 13.6. The number of thiophene rings is 1. The van der Waals surface area contributed by atoms with Gasteiger partial charge in [0.1, 0.15) is 4.88 Å². The third-order valence-corrected chi connectivity index (χ3v) is 4.87. The highest BCUT2D eigenvalue weighted by Gasteiger charge is 2.27. The Morgan fingerprint density at radius 1 is 1.61 bits per heavy atom. The molecule has 0 saturated carbocycles. The van der Waals surface area contributed by atoms with Crippen LogP contribution >= 0.6 is 11.3 Å². The lowest BCUT2D eigenvalue weighted by Crippen LogP contribution is -2.32. The van der Waals surface area contributed by atoms with Crippen molar-refractivity contribution in [2.45, 2.75) is 46.2 Å². The summed E-state index contributed by atoms with van der Waals surface area (Å²) >= 11 is 1.39. The highest BCUT2D eigenvalue weighted by molar-refractivity contribution is 7.14. The standard InChI is InChI=1S/C14H21NO2S/c1-9(2)12-5-4-6-15(12)8-11-7-13(14(16)17)18-10(11)3/h7,9,12H,4-6,8H2,1-3H3,(H,16,17). The van der Waals surface area contributed by atoms with Crippen LogP contribution in [-0.4, -0.2) is 28.6 Å². The molecule has 1 aromatic heterocycles. The minimum absolute atomic E-state index is 0.461. The Bertz CT molecular complexity index is 439. The van der Waals surface area contributed by atoms with Crippen molar-refractivity contribution in [3.05, 3.63) is 21.4 Å². The Kier molecular flexibility index (Phi) is 4.07. The summed E-state index contributed by atoms with van der Waals surface area (Å²) in [7, 11) is 0. The smallest absolute Gasteiger partial charge is 0.345 e. The molecule has 4 heteroatoms. The molecule has 2 heterocycles. The molecular weight excluding hydrogens is 246 g/mol. The summed E-state index contributed by atoms with van der Waals surface area (Å²) in [6, 6.07) is 2.50. The fourth-order valence-electron chi connectivity index (χ4n) is 2.80. The molecule has 1 N–H and O–H groups in total. The molecule has 2 rings (SSSR count). The number of rotatable bonds is 4. The molecule has 1 aliphatic rings. The zero-order valence-electron chi connectivity index (χ0n) is 11.3. The molecule has 100 valence electrons. The highest BCUT2D eigenvalue weighted by atomic mass is 32.1. The summed E-state index contributed by atoms with van der Waals surface area (Å²) < 4.78 is 0. The Labute approximate surface area is 112 Å². The summed E-state index contributed by atoms with van der Waals surface area (Å²) in [5.41, 5.74) is 1.19. The van der Waals surface area contributed by atoms with Gasteiger partial charge in [0.15, 0.2) is 0 Å². The van der Waals surface area contributed by atoms with Gasteiger partial charge in [0.2, 0.25) is 0 Å². The fourth-order valence-corrected chi connectivity index (χ4v) is 3.68. The number of aromatic carboxylic acids is 1. The average Bonchev–Trinajstić information content (AvgIpc) is 2.87. The molecule has 1 aromatic rings. The third-order valence-electron chi connectivity index (χ3n) is 3.79. The molecule has 0 aliphatic carbocycles. The second-order valence-corrected chi connectivity index (χ2v) is 6.68. The van der Waals surface area contributed by atoms with Gasteiger partial charge in [0, 0.05) is 17.5 Å². The number of carbonyl (C=O) groups is 1. The summed E-state index contributed by atoms with van der Waals surface area (Å²) in [4.78, 5) is 15.1. The van der Waals surface area contributed by atoms with E-state index in [2.05, 4.69) is 18.7 Å². The van der Waals surface area contributed by atoms with Crippen LogP contribution in [0, 0.1) is 12.8 Å². The van der Waals surface area contributed by atoms with E-state index >= 15 is 0 Å². The van der Waals surface area contributed by atoms with E-state index in [-0.39, 0.29) is 0 Å². The first-order chi connectivity index (χ1) is 8.49. The van der Waals surface area contributed by atoms with Gasteiger partial charge in [-0.05, 0) is 43.9 Å². The predicted molar refractivity (Wildman–Crippen MR) is 74.3 cm³/mol. The van der Waals surface area contributed by atoms with Crippen LogP contribution < -0.4 is 0 Å². The molecule has 3 nitrogen and oxygen atoms in total. The van der Waals surface area contributed by atoms with E-state index in [1.807, 2.05) is 13.0 Å². The van der Waals surface area contributed by atoms with E-state index in [1.54, 1.807) is 0 Å². The van der Waals surface area contributed by atoms with Crippen molar-refractivity contribution in [3.63, 3.8) is 0 Å². The largest absolute Gasteiger partial charge is 0.477 e. The lowest BCUT2D eigenvalue weighted by atomic mass is 10.0. The van der Waals surface area contributed by atoms with Crippen LogP contribution in [0.1, 0.15) is 46.8 Å². The number of hydrogen-bond acceptors (Lipinski definition) is 3. The number of carboxylic acid groups (broad SMARTS) is 1. The monoisotopic (exact) mass is 267 g/mol. The maximum absolute atomic E-state index is 11.0. The molecule has 1 aliphatic heterocycles. The van der Waals surface area contributed by atoms with Gasteiger partial charge in [-0.15, -0.1) is 11.3 Å². The molecule has 0 bridgehead atoms. The second-order valence-electron chi connectivity index (χ2n) is 5.42. The maximum Gasteiger partial charge on any atom is 0.345 e. The van der Waals surface area contributed by atoms with Gasteiger partial charge >= 0.3 is 5.97 Å². The molecule has 0 radical (unpaired) electrons. The van der Waals surface area contributed by atoms with E-state index < -0.39 is 5.97 Å². The Hall–Kier alpha value is -0.870. The molecule has 18 heavy (non-hydrogen) atoms. The van der Waals surface area contributed by atoms with Crippen LogP contribution in [0.15, 0.2) is 6.07 Å². The molecule has 1 fully saturated rings. The van der Waals surface area contributed by atoms with Gasteiger partial charge in [-0.1, -0.05) is 13.8 Å². The normalized spacial score (nSPS) is 20.8. The summed E-state index contributed by atoms with van der Waals surface area (Å²) in [5.74, 6) is -0.137. The van der Waals surface area contributed by atoms with Crippen LogP contribution in [0.5, 0.6) is 0 Å². The summed E-state index contributed by atoms with van der Waals surface area (Å²) in [5, 5.41) is 9.02. The van der Waals surface area contributed by atoms with Crippen LogP contribution in [0.4, 0.5) is 0 Å². The minimum Gasteiger partial charge on any atom is -0.477 e. The number of hydrogen-bond donors (Lipinski definition) is 1. The third kappa shape index (κ3) is 2.75. The van der Waals surface area contributed by atoms with Crippen molar-refractivity contribution < 1.29 is 9.90 Å². The Balaban J connectivity index is 2.11. The van der Waals surface area contributed by atoms with Gasteiger partial charge in [0.05, 0.1) is 0 Å². The molecule has 0 spiro atoms. The molecular formula is C14H21NO2S. The van der Waals surface area contributed by atoms with Crippen molar-refractivity contribution in [1.29, 1.82) is 0 Å².